The van der Waals surface area contributed by atoms with Crippen LogP contribution in [0.3, 0.4) is 0 Å². The van der Waals surface area contributed by atoms with Crippen molar-refractivity contribution in [2.45, 2.75) is 57.1 Å². The highest BCUT2D eigenvalue weighted by Crippen LogP contribution is 2.42. The van der Waals surface area contributed by atoms with E-state index in [0.717, 1.165) is 11.1 Å². The average Bonchev–Trinajstić information content (AvgIpc) is 3.18. The summed E-state index contributed by atoms with van der Waals surface area (Å²) in [5, 5.41) is 0. The van der Waals surface area contributed by atoms with Crippen molar-refractivity contribution < 1.29 is 28.5 Å². The van der Waals surface area contributed by atoms with E-state index in [0.29, 0.717) is 12.9 Å². The van der Waals surface area contributed by atoms with Gasteiger partial charge in [0.1, 0.15) is 12.7 Å². The molecule has 2 heterocycles. The maximum absolute atomic E-state index is 13.1. The molecule has 0 unspecified atom stereocenters. The summed E-state index contributed by atoms with van der Waals surface area (Å²) in [5.41, 5.74) is 1.88. The fourth-order valence-corrected chi connectivity index (χ4v) is 4.12. The third-order valence-electron chi connectivity index (χ3n) is 5.36. The first-order valence-electron chi connectivity index (χ1n) is 9.96. The molecule has 4 rings (SSSR count). The van der Waals surface area contributed by atoms with Gasteiger partial charge < -0.3 is 18.9 Å². The van der Waals surface area contributed by atoms with E-state index < -0.39 is 36.4 Å². The van der Waals surface area contributed by atoms with Gasteiger partial charge in [-0.05, 0) is 31.4 Å². The zero-order valence-electron chi connectivity index (χ0n) is 17.0. The molecule has 30 heavy (non-hydrogen) atoms. The van der Waals surface area contributed by atoms with E-state index in [4.69, 9.17) is 18.9 Å². The molecule has 7 nitrogen and oxygen atoms in total. The molecule has 0 radical (unpaired) electrons. The van der Waals surface area contributed by atoms with Gasteiger partial charge in [0, 0.05) is 0 Å². The minimum absolute atomic E-state index is 0.134. The number of amides is 1. The van der Waals surface area contributed by atoms with E-state index in [1.807, 2.05) is 60.7 Å². The summed E-state index contributed by atoms with van der Waals surface area (Å²) >= 11 is 0. The van der Waals surface area contributed by atoms with Crippen LogP contribution in [0.2, 0.25) is 0 Å². The van der Waals surface area contributed by atoms with Crippen LogP contribution in [0.15, 0.2) is 60.7 Å². The quantitative estimate of drug-likeness (QED) is 0.680. The van der Waals surface area contributed by atoms with Gasteiger partial charge in [-0.2, -0.15) is 0 Å². The highest BCUT2D eigenvalue weighted by molar-refractivity contribution is 5.69. The predicted octanol–water partition coefficient (Wildman–Crippen LogP) is 3.27. The minimum Gasteiger partial charge on any atom is -0.459 e. The fourth-order valence-electron chi connectivity index (χ4n) is 4.12. The Morgan fingerprint density at radius 2 is 1.67 bits per heavy atom. The lowest BCUT2D eigenvalue weighted by molar-refractivity contribution is -0.185. The van der Waals surface area contributed by atoms with Crippen molar-refractivity contribution in [2.75, 3.05) is 0 Å². The molecule has 0 aliphatic carbocycles. The van der Waals surface area contributed by atoms with E-state index in [9.17, 15) is 9.59 Å². The Hall–Kier alpha value is -2.90. The average molecular weight is 411 g/mol. The molecule has 2 aromatic rings. The van der Waals surface area contributed by atoms with Crippen LogP contribution in [0.1, 0.15) is 25.0 Å². The van der Waals surface area contributed by atoms with Crippen molar-refractivity contribution >= 4 is 12.6 Å². The van der Waals surface area contributed by atoms with Crippen LogP contribution in [-0.4, -0.2) is 47.7 Å². The van der Waals surface area contributed by atoms with Gasteiger partial charge in [-0.1, -0.05) is 60.7 Å². The normalized spacial score (nSPS) is 26.8. The number of nitrogens with zero attached hydrogens (tertiary/aromatic N) is 1. The second-order valence-corrected chi connectivity index (χ2v) is 7.89. The Labute approximate surface area is 175 Å². The molecular weight excluding hydrogens is 386 g/mol. The molecule has 0 N–H and O–H groups in total. The largest absolute Gasteiger partial charge is 0.459 e. The lowest BCUT2D eigenvalue weighted by atomic mass is 10.0. The summed E-state index contributed by atoms with van der Waals surface area (Å²) in [4.78, 5) is 25.9. The first kappa shape index (κ1) is 20.4. The molecule has 0 aromatic heterocycles. The third-order valence-corrected chi connectivity index (χ3v) is 5.36. The molecule has 2 aliphatic heterocycles. The van der Waals surface area contributed by atoms with E-state index in [1.165, 1.54) is 4.90 Å². The van der Waals surface area contributed by atoms with Crippen molar-refractivity contribution in [3.05, 3.63) is 71.8 Å². The molecule has 2 aromatic carbocycles. The molecule has 0 saturated carbocycles. The lowest BCUT2D eigenvalue weighted by Gasteiger charge is -2.31. The molecule has 7 heteroatoms. The molecule has 2 fully saturated rings. The summed E-state index contributed by atoms with van der Waals surface area (Å²) < 4.78 is 23.0. The SMILES string of the molecule is CC1(C)O[C@@H]2[C@@H](OC=O)[C@@H](Cc3ccccc3)N(C(=O)OCc3ccccc3)[C@@H]2O1. The number of fused-ring (bicyclic) bond motifs is 1. The van der Waals surface area contributed by atoms with Crippen LogP contribution in [0.25, 0.3) is 0 Å². The van der Waals surface area contributed by atoms with Crippen LogP contribution < -0.4 is 0 Å². The number of rotatable bonds is 6. The number of likely N-dealkylation sites (tertiary alicyclic amines) is 1. The number of carbonyl (C=O) groups is 2. The summed E-state index contributed by atoms with van der Waals surface area (Å²) in [6.07, 6.45) is -2.03. The highest BCUT2D eigenvalue weighted by Gasteiger charge is 2.61. The van der Waals surface area contributed by atoms with Crippen LogP contribution >= 0.6 is 0 Å². The maximum Gasteiger partial charge on any atom is 0.412 e. The van der Waals surface area contributed by atoms with Gasteiger partial charge >= 0.3 is 6.09 Å². The number of ether oxygens (including phenoxy) is 4. The molecule has 4 atom stereocenters. The first-order valence-corrected chi connectivity index (χ1v) is 9.96. The number of hydrogen-bond donors (Lipinski definition) is 0. The smallest absolute Gasteiger partial charge is 0.412 e. The van der Waals surface area contributed by atoms with Gasteiger partial charge in [-0.25, -0.2) is 4.79 Å². The van der Waals surface area contributed by atoms with E-state index >= 15 is 0 Å². The van der Waals surface area contributed by atoms with Crippen molar-refractivity contribution in [3.8, 4) is 0 Å². The van der Waals surface area contributed by atoms with E-state index in [1.54, 1.807) is 13.8 Å². The van der Waals surface area contributed by atoms with Gasteiger partial charge in [0.2, 0.25) is 0 Å². The molecule has 2 saturated heterocycles. The van der Waals surface area contributed by atoms with Crippen molar-refractivity contribution in [1.29, 1.82) is 0 Å². The third kappa shape index (κ3) is 4.17. The van der Waals surface area contributed by atoms with Crippen LogP contribution in [-0.2, 0) is 36.8 Å². The van der Waals surface area contributed by atoms with Crippen molar-refractivity contribution in [2.24, 2.45) is 0 Å². The van der Waals surface area contributed by atoms with Gasteiger partial charge in [-0.15, -0.1) is 0 Å². The summed E-state index contributed by atoms with van der Waals surface area (Å²) in [6, 6.07) is 18.7. The second kappa shape index (κ2) is 8.45. The molecule has 2 aliphatic rings. The fraction of sp³-hybridized carbons (Fsp3) is 0.391. The zero-order valence-corrected chi connectivity index (χ0v) is 17.0. The molecule has 0 spiro atoms. The number of benzene rings is 2. The second-order valence-electron chi connectivity index (χ2n) is 7.89. The summed E-state index contributed by atoms with van der Waals surface area (Å²) in [5.74, 6) is -0.907. The van der Waals surface area contributed by atoms with Crippen molar-refractivity contribution in [1.82, 2.24) is 4.90 Å². The molecule has 1 amide bonds. The number of hydrogen-bond acceptors (Lipinski definition) is 6. The van der Waals surface area contributed by atoms with Crippen LogP contribution in [0, 0.1) is 0 Å². The van der Waals surface area contributed by atoms with Crippen molar-refractivity contribution in [3.63, 3.8) is 0 Å². The van der Waals surface area contributed by atoms with Gasteiger partial charge in [0.05, 0.1) is 6.04 Å². The molecule has 158 valence electrons. The van der Waals surface area contributed by atoms with E-state index in [-0.39, 0.29) is 6.61 Å². The minimum atomic E-state index is -0.907. The van der Waals surface area contributed by atoms with Gasteiger partial charge in [-0.3, -0.25) is 9.69 Å². The summed E-state index contributed by atoms with van der Waals surface area (Å²) in [6.45, 7) is 4.06. The Kier molecular flexibility index (Phi) is 5.74. The Balaban J connectivity index is 1.60. The van der Waals surface area contributed by atoms with Crippen LogP contribution in [0.5, 0.6) is 0 Å². The van der Waals surface area contributed by atoms with Gasteiger partial charge in [0.25, 0.3) is 6.47 Å². The topological polar surface area (TPSA) is 74.3 Å². The van der Waals surface area contributed by atoms with Crippen LogP contribution in [0.4, 0.5) is 4.79 Å². The standard InChI is InChI=1S/C23H25NO6/c1-23(2)29-20-19(28-15-25)18(13-16-9-5-3-6-10-16)24(21(20)30-23)22(26)27-14-17-11-7-4-8-12-17/h3-12,15,18-21H,13-14H2,1-2H3/t18-,19+,20-,21-/m1/s1. The Bertz CT molecular complexity index is 872. The predicted molar refractivity (Wildman–Crippen MR) is 107 cm³/mol. The highest BCUT2D eigenvalue weighted by atomic mass is 16.8. The Morgan fingerprint density at radius 3 is 2.30 bits per heavy atom. The monoisotopic (exact) mass is 411 g/mol. The maximum atomic E-state index is 13.1. The summed E-state index contributed by atoms with van der Waals surface area (Å²) in [7, 11) is 0. The number of carbonyl (C=O) groups excluding carboxylic acids is 2. The zero-order chi connectivity index (χ0) is 21.1. The molecular formula is C23H25NO6. The van der Waals surface area contributed by atoms with Gasteiger partial charge in [0.15, 0.2) is 18.1 Å². The first-order chi connectivity index (χ1) is 14.5. The Morgan fingerprint density at radius 1 is 1.03 bits per heavy atom. The molecule has 0 bridgehead atoms. The lowest BCUT2D eigenvalue weighted by Crippen LogP contribution is -2.47. The van der Waals surface area contributed by atoms with E-state index in [2.05, 4.69) is 0 Å².